The summed E-state index contributed by atoms with van der Waals surface area (Å²) < 4.78 is 7.78. The number of phenolic OH excluding ortho intramolecular Hbond substituents is 1. The van der Waals surface area contributed by atoms with Crippen LogP contribution in [0.1, 0.15) is 42.7 Å². The molecule has 6 nitrogen and oxygen atoms in total. The van der Waals surface area contributed by atoms with Crippen LogP contribution in [0, 0.1) is 20.8 Å². The zero-order chi connectivity index (χ0) is 19.8. The molecule has 6 heteroatoms. The number of fused-ring (bicyclic) bond motifs is 2. The van der Waals surface area contributed by atoms with Crippen LogP contribution in [0.25, 0.3) is 33.3 Å². The van der Waals surface area contributed by atoms with Gasteiger partial charge in [-0.2, -0.15) is 0 Å². The molecule has 1 fully saturated rings. The third-order valence-electron chi connectivity index (χ3n) is 5.89. The van der Waals surface area contributed by atoms with Crippen molar-refractivity contribution in [2.75, 3.05) is 0 Å². The number of aromatic nitrogens is 3. The Morgan fingerprint density at radius 2 is 1.82 bits per heavy atom. The summed E-state index contributed by atoms with van der Waals surface area (Å²) in [4.78, 5) is 0. The maximum absolute atomic E-state index is 10.9. The lowest BCUT2D eigenvalue weighted by atomic mass is 9.77. The third kappa shape index (κ3) is 2.44. The van der Waals surface area contributed by atoms with Crippen molar-refractivity contribution in [3.63, 3.8) is 0 Å². The molecule has 0 unspecified atom stereocenters. The highest BCUT2D eigenvalue weighted by Gasteiger charge is 2.40. The van der Waals surface area contributed by atoms with E-state index >= 15 is 0 Å². The molecule has 0 atom stereocenters. The molecule has 3 aromatic heterocycles. The van der Waals surface area contributed by atoms with Crippen molar-refractivity contribution in [1.29, 1.82) is 0 Å². The van der Waals surface area contributed by atoms with Crippen LogP contribution >= 0.6 is 0 Å². The van der Waals surface area contributed by atoms with Gasteiger partial charge in [-0.25, -0.2) is 0 Å². The van der Waals surface area contributed by atoms with Gasteiger partial charge in [-0.05, 0) is 69.9 Å². The van der Waals surface area contributed by atoms with Crippen molar-refractivity contribution < 1.29 is 14.6 Å². The maximum Gasteiger partial charge on any atom is 0.163 e. The molecule has 0 bridgehead atoms. The molecule has 1 saturated carbocycles. The third-order valence-corrected chi connectivity index (χ3v) is 5.89. The average Bonchev–Trinajstić information content (AvgIpc) is 3.12. The van der Waals surface area contributed by atoms with E-state index in [0.717, 1.165) is 40.8 Å². The van der Waals surface area contributed by atoms with Crippen LogP contribution in [0.2, 0.25) is 0 Å². The van der Waals surface area contributed by atoms with E-state index in [0.29, 0.717) is 22.2 Å². The number of phenols is 1. The summed E-state index contributed by atoms with van der Waals surface area (Å²) in [6.45, 7) is 7.72. The first-order valence-corrected chi connectivity index (χ1v) is 9.54. The highest BCUT2D eigenvalue weighted by Crippen LogP contribution is 2.44. The first-order valence-electron chi connectivity index (χ1n) is 9.54. The molecule has 3 heterocycles. The normalized spacial score (nSPS) is 22.1. The maximum atomic E-state index is 10.9. The van der Waals surface area contributed by atoms with Gasteiger partial charge in [-0.3, -0.25) is 0 Å². The van der Waals surface area contributed by atoms with Crippen LogP contribution in [0.4, 0.5) is 0 Å². The number of furan rings is 1. The summed E-state index contributed by atoms with van der Waals surface area (Å²) in [7, 11) is 0. The second-order valence-corrected chi connectivity index (χ2v) is 8.43. The van der Waals surface area contributed by atoms with Crippen molar-refractivity contribution in [3.8, 4) is 17.0 Å². The molecule has 0 amide bonds. The molecular formula is C22H23N3O3. The van der Waals surface area contributed by atoms with Gasteiger partial charge in [-0.15, -0.1) is 10.2 Å². The smallest absolute Gasteiger partial charge is 0.163 e. The Hall–Kier alpha value is -2.86. The minimum absolute atomic E-state index is 0.174. The molecule has 2 N–H and O–H groups in total. The lowest BCUT2D eigenvalue weighted by Crippen LogP contribution is -2.41. The molecule has 0 aliphatic heterocycles. The minimum atomic E-state index is -0.594. The van der Waals surface area contributed by atoms with Gasteiger partial charge in [0.15, 0.2) is 5.65 Å². The molecule has 0 spiro atoms. The SMILES string of the molecule is Cc1cc2c(O)c(-c3cc4c(C)cn(C5CC(C)(O)C5)c4nn3)c(C)cc2o1. The Kier molecular flexibility index (Phi) is 3.44. The van der Waals surface area contributed by atoms with E-state index in [4.69, 9.17) is 4.42 Å². The van der Waals surface area contributed by atoms with Crippen LogP contribution in [0.5, 0.6) is 5.75 Å². The molecule has 144 valence electrons. The predicted octanol–water partition coefficient (Wildman–Crippen LogP) is 4.56. The Bertz CT molecular complexity index is 1240. The lowest BCUT2D eigenvalue weighted by molar-refractivity contribution is -0.0498. The minimum Gasteiger partial charge on any atom is -0.506 e. The summed E-state index contributed by atoms with van der Waals surface area (Å²) in [5.41, 5.74) is 4.22. The van der Waals surface area contributed by atoms with E-state index in [2.05, 4.69) is 27.9 Å². The number of benzene rings is 1. The van der Waals surface area contributed by atoms with E-state index in [1.165, 1.54) is 0 Å². The van der Waals surface area contributed by atoms with Crippen molar-refractivity contribution in [2.24, 2.45) is 0 Å². The van der Waals surface area contributed by atoms with E-state index in [9.17, 15) is 10.2 Å². The molecule has 4 aromatic rings. The zero-order valence-corrected chi connectivity index (χ0v) is 16.4. The number of hydrogen-bond acceptors (Lipinski definition) is 5. The number of aliphatic hydroxyl groups is 1. The number of hydrogen-bond donors (Lipinski definition) is 2. The van der Waals surface area contributed by atoms with Gasteiger partial charge in [0.2, 0.25) is 0 Å². The number of aryl methyl sites for hydroxylation is 3. The standard InChI is InChI=1S/C22H23N3O3/c1-11-5-18-16(6-13(3)28-18)20(26)19(11)17-7-15-12(2)10-25(21(15)24-23-17)14-8-22(4,27)9-14/h5-7,10,14,26-27H,8-9H2,1-4H3. The van der Waals surface area contributed by atoms with E-state index in [1.54, 1.807) is 0 Å². The molecule has 1 aliphatic rings. The summed E-state index contributed by atoms with van der Waals surface area (Å²) in [5.74, 6) is 0.931. The Morgan fingerprint density at radius 1 is 1.07 bits per heavy atom. The quantitative estimate of drug-likeness (QED) is 0.535. The second-order valence-electron chi connectivity index (χ2n) is 8.43. The fourth-order valence-electron chi connectivity index (χ4n) is 4.50. The van der Waals surface area contributed by atoms with Crippen molar-refractivity contribution >= 4 is 22.0 Å². The van der Waals surface area contributed by atoms with Gasteiger partial charge < -0.3 is 19.2 Å². The predicted molar refractivity (Wildman–Crippen MR) is 108 cm³/mol. The second kappa shape index (κ2) is 5.58. The van der Waals surface area contributed by atoms with Crippen LogP contribution in [-0.4, -0.2) is 30.6 Å². The van der Waals surface area contributed by atoms with Crippen LogP contribution < -0.4 is 0 Å². The zero-order valence-electron chi connectivity index (χ0n) is 16.4. The number of aromatic hydroxyl groups is 1. The van der Waals surface area contributed by atoms with E-state index < -0.39 is 5.60 Å². The average molecular weight is 377 g/mol. The van der Waals surface area contributed by atoms with Crippen LogP contribution in [0.15, 0.2) is 28.8 Å². The topological polar surface area (TPSA) is 84.3 Å². The Balaban J connectivity index is 1.65. The highest BCUT2D eigenvalue weighted by molar-refractivity contribution is 5.95. The van der Waals surface area contributed by atoms with Gasteiger partial charge in [0.05, 0.1) is 16.7 Å². The molecule has 0 saturated heterocycles. The van der Waals surface area contributed by atoms with Gasteiger partial charge in [0.25, 0.3) is 0 Å². The number of nitrogens with zero attached hydrogens (tertiary/aromatic N) is 3. The van der Waals surface area contributed by atoms with Gasteiger partial charge in [0.1, 0.15) is 17.1 Å². The molecule has 5 rings (SSSR count). The summed E-state index contributed by atoms with van der Waals surface area (Å²) >= 11 is 0. The summed E-state index contributed by atoms with van der Waals surface area (Å²) in [5, 5.41) is 31.6. The van der Waals surface area contributed by atoms with Gasteiger partial charge in [0, 0.05) is 23.2 Å². The summed E-state index contributed by atoms with van der Waals surface area (Å²) in [6, 6.07) is 6.00. The molecule has 1 aromatic carbocycles. The van der Waals surface area contributed by atoms with E-state index in [-0.39, 0.29) is 11.8 Å². The van der Waals surface area contributed by atoms with E-state index in [1.807, 2.05) is 39.0 Å². The fourth-order valence-corrected chi connectivity index (χ4v) is 4.50. The van der Waals surface area contributed by atoms with Crippen molar-refractivity contribution in [3.05, 3.63) is 41.3 Å². The van der Waals surface area contributed by atoms with Crippen molar-refractivity contribution in [1.82, 2.24) is 14.8 Å². The first kappa shape index (κ1) is 17.3. The lowest BCUT2D eigenvalue weighted by Gasteiger charge is -2.41. The monoisotopic (exact) mass is 377 g/mol. The fraction of sp³-hybridized carbons (Fsp3) is 0.364. The molecular weight excluding hydrogens is 354 g/mol. The highest BCUT2D eigenvalue weighted by atomic mass is 16.3. The van der Waals surface area contributed by atoms with Gasteiger partial charge >= 0.3 is 0 Å². The Labute approximate surface area is 162 Å². The Morgan fingerprint density at radius 3 is 2.54 bits per heavy atom. The largest absolute Gasteiger partial charge is 0.506 e. The van der Waals surface area contributed by atoms with Crippen LogP contribution in [0.3, 0.4) is 0 Å². The van der Waals surface area contributed by atoms with Crippen molar-refractivity contribution in [2.45, 2.75) is 52.2 Å². The summed E-state index contributed by atoms with van der Waals surface area (Å²) in [6.07, 6.45) is 3.52. The molecule has 28 heavy (non-hydrogen) atoms. The number of rotatable bonds is 2. The first-order chi connectivity index (χ1) is 13.2. The van der Waals surface area contributed by atoms with Crippen LogP contribution in [-0.2, 0) is 0 Å². The molecule has 0 radical (unpaired) electrons. The molecule has 1 aliphatic carbocycles. The van der Waals surface area contributed by atoms with Gasteiger partial charge in [-0.1, -0.05) is 0 Å².